The van der Waals surface area contributed by atoms with Crippen LogP contribution >= 0.6 is 0 Å². The number of nitrogens with zero attached hydrogens (tertiary/aromatic N) is 1. The van der Waals surface area contributed by atoms with E-state index >= 15 is 0 Å². The van der Waals surface area contributed by atoms with Gasteiger partial charge in [-0.25, -0.2) is 0 Å². The molecule has 1 aromatic heterocycles. The Morgan fingerprint density at radius 2 is 2.33 bits per heavy atom. The maximum atomic E-state index is 11.9. The van der Waals surface area contributed by atoms with Crippen molar-refractivity contribution in [2.24, 2.45) is 12.8 Å². The molecular formula is C12H19N3O3. The van der Waals surface area contributed by atoms with Gasteiger partial charge in [-0.15, -0.1) is 0 Å². The number of methoxy groups -OCH3 is 1. The Hall–Kier alpha value is -1.66. The summed E-state index contributed by atoms with van der Waals surface area (Å²) in [5.41, 5.74) is 5.58. The van der Waals surface area contributed by atoms with Crippen molar-refractivity contribution in [3.8, 4) is 0 Å². The van der Waals surface area contributed by atoms with Crippen LogP contribution in [0.3, 0.4) is 0 Å². The number of carbonyl (C=O) groups is 1. The molecule has 1 unspecified atom stereocenters. The molecule has 0 bridgehead atoms. The fourth-order valence-electron chi connectivity index (χ4n) is 1.56. The van der Waals surface area contributed by atoms with Gasteiger partial charge in [0.2, 0.25) is 0 Å². The highest BCUT2D eigenvalue weighted by Crippen LogP contribution is 1.98. The summed E-state index contributed by atoms with van der Waals surface area (Å²) < 4.78 is 6.41. The van der Waals surface area contributed by atoms with E-state index in [4.69, 9.17) is 10.5 Å². The van der Waals surface area contributed by atoms with E-state index in [0.29, 0.717) is 25.1 Å². The largest absolute Gasteiger partial charge is 0.383 e. The maximum Gasteiger partial charge on any atom is 0.251 e. The molecule has 1 heterocycles. The zero-order valence-corrected chi connectivity index (χ0v) is 10.7. The maximum absolute atomic E-state index is 11.9. The quantitative estimate of drug-likeness (QED) is 0.714. The first-order valence-electron chi connectivity index (χ1n) is 5.75. The molecule has 6 heteroatoms. The standard InChI is InChI=1S/C12H19N3O3/c1-15-6-4-9(7-11(15)16)12(17)14-10(3-5-13)8-18-2/h4,6-7,10H,3,5,8,13H2,1-2H3,(H,14,17). The molecule has 0 aromatic carbocycles. The van der Waals surface area contributed by atoms with Crippen molar-refractivity contribution < 1.29 is 9.53 Å². The molecule has 1 atom stereocenters. The van der Waals surface area contributed by atoms with Gasteiger partial charge in [0, 0.05) is 32.0 Å². The number of nitrogens with one attached hydrogen (secondary N) is 1. The van der Waals surface area contributed by atoms with Crippen LogP contribution in [-0.2, 0) is 11.8 Å². The number of ether oxygens (including phenoxy) is 1. The number of hydrogen-bond acceptors (Lipinski definition) is 4. The number of aromatic nitrogens is 1. The summed E-state index contributed by atoms with van der Waals surface area (Å²) in [5, 5.41) is 2.79. The molecule has 0 fully saturated rings. The van der Waals surface area contributed by atoms with Gasteiger partial charge in [-0.1, -0.05) is 0 Å². The molecule has 0 aliphatic rings. The van der Waals surface area contributed by atoms with Gasteiger partial charge in [-0.2, -0.15) is 0 Å². The molecule has 1 amide bonds. The van der Waals surface area contributed by atoms with Crippen LogP contribution in [-0.4, -0.2) is 36.8 Å². The number of aryl methyl sites for hydroxylation is 1. The summed E-state index contributed by atoms with van der Waals surface area (Å²) in [6, 6.07) is 2.77. The van der Waals surface area contributed by atoms with Crippen LogP contribution in [0.1, 0.15) is 16.8 Å². The van der Waals surface area contributed by atoms with E-state index in [0.717, 1.165) is 0 Å². The number of amides is 1. The average molecular weight is 253 g/mol. The summed E-state index contributed by atoms with van der Waals surface area (Å²) >= 11 is 0. The van der Waals surface area contributed by atoms with E-state index in [1.807, 2.05) is 0 Å². The second-order valence-electron chi connectivity index (χ2n) is 4.07. The Morgan fingerprint density at radius 1 is 1.61 bits per heavy atom. The Labute approximate surface area is 106 Å². The van der Waals surface area contributed by atoms with Crippen LogP contribution in [0, 0.1) is 0 Å². The Kier molecular flexibility index (Phi) is 5.54. The molecule has 0 aliphatic carbocycles. The lowest BCUT2D eigenvalue weighted by atomic mass is 10.2. The van der Waals surface area contributed by atoms with E-state index in [1.54, 1.807) is 26.4 Å². The van der Waals surface area contributed by atoms with Crippen molar-refractivity contribution in [2.75, 3.05) is 20.3 Å². The molecule has 0 radical (unpaired) electrons. The molecule has 0 saturated heterocycles. The smallest absolute Gasteiger partial charge is 0.251 e. The molecule has 6 nitrogen and oxygen atoms in total. The monoisotopic (exact) mass is 253 g/mol. The second kappa shape index (κ2) is 6.93. The van der Waals surface area contributed by atoms with Gasteiger partial charge in [0.05, 0.1) is 12.6 Å². The minimum atomic E-state index is -0.289. The predicted octanol–water partition coefficient (Wildman–Crippen LogP) is -0.521. The highest BCUT2D eigenvalue weighted by molar-refractivity contribution is 5.94. The molecule has 0 saturated carbocycles. The Morgan fingerprint density at radius 3 is 2.89 bits per heavy atom. The average Bonchev–Trinajstić information content (AvgIpc) is 2.33. The molecular weight excluding hydrogens is 234 g/mol. The van der Waals surface area contributed by atoms with Gasteiger partial charge >= 0.3 is 0 Å². The molecule has 18 heavy (non-hydrogen) atoms. The molecule has 0 aliphatic heterocycles. The summed E-state index contributed by atoms with van der Waals surface area (Å²) in [4.78, 5) is 23.3. The molecule has 1 aromatic rings. The van der Waals surface area contributed by atoms with Crippen LogP contribution in [0.25, 0.3) is 0 Å². The molecule has 1 rings (SSSR count). The van der Waals surface area contributed by atoms with Gasteiger partial charge in [0.1, 0.15) is 0 Å². The van der Waals surface area contributed by atoms with Crippen LogP contribution < -0.4 is 16.6 Å². The van der Waals surface area contributed by atoms with Crippen molar-refractivity contribution in [1.29, 1.82) is 0 Å². The first-order chi connectivity index (χ1) is 8.58. The molecule has 3 N–H and O–H groups in total. The third kappa shape index (κ3) is 3.97. The van der Waals surface area contributed by atoms with Crippen molar-refractivity contribution in [3.05, 3.63) is 34.2 Å². The van der Waals surface area contributed by atoms with Gasteiger partial charge in [-0.3, -0.25) is 9.59 Å². The normalized spacial score (nSPS) is 12.2. The first kappa shape index (κ1) is 14.4. The van der Waals surface area contributed by atoms with Crippen LogP contribution in [0.15, 0.2) is 23.1 Å². The second-order valence-corrected chi connectivity index (χ2v) is 4.07. The Balaban J connectivity index is 2.73. The number of carbonyl (C=O) groups excluding carboxylic acids is 1. The van der Waals surface area contributed by atoms with Crippen LogP contribution in [0.2, 0.25) is 0 Å². The zero-order valence-electron chi connectivity index (χ0n) is 10.7. The van der Waals surface area contributed by atoms with E-state index in [2.05, 4.69) is 5.32 Å². The first-order valence-corrected chi connectivity index (χ1v) is 5.75. The lowest BCUT2D eigenvalue weighted by Crippen LogP contribution is -2.39. The van der Waals surface area contributed by atoms with Crippen LogP contribution in [0.4, 0.5) is 0 Å². The van der Waals surface area contributed by atoms with Gasteiger partial charge in [0.15, 0.2) is 0 Å². The van der Waals surface area contributed by atoms with Crippen molar-refractivity contribution in [3.63, 3.8) is 0 Å². The van der Waals surface area contributed by atoms with Crippen LogP contribution in [0.5, 0.6) is 0 Å². The van der Waals surface area contributed by atoms with Gasteiger partial charge < -0.3 is 20.4 Å². The van der Waals surface area contributed by atoms with Gasteiger partial charge in [0.25, 0.3) is 11.5 Å². The topological polar surface area (TPSA) is 86.3 Å². The third-order valence-corrected chi connectivity index (χ3v) is 2.58. The number of nitrogens with two attached hydrogens (primary N) is 1. The van der Waals surface area contributed by atoms with Crippen molar-refractivity contribution in [2.45, 2.75) is 12.5 Å². The summed E-state index contributed by atoms with van der Waals surface area (Å²) in [5.74, 6) is -0.289. The van der Waals surface area contributed by atoms with Gasteiger partial charge in [-0.05, 0) is 19.0 Å². The minimum absolute atomic E-state index is 0.142. The lowest BCUT2D eigenvalue weighted by Gasteiger charge is -2.17. The summed E-state index contributed by atoms with van der Waals surface area (Å²) in [6.45, 7) is 0.860. The van der Waals surface area contributed by atoms with Crippen molar-refractivity contribution in [1.82, 2.24) is 9.88 Å². The zero-order chi connectivity index (χ0) is 13.5. The SMILES string of the molecule is COCC(CCN)NC(=O)c1ccn(C)c(=O)c1. The highest BCUT2D eigenvalue weighted by atomic mass is 16.5. The number of rotatable bonds is 6. The minimum Gasteiger partial charge on any atom is -0.383 e. The summed E-state index contributed by atoms with van der Waals surface area (Å²) in [7, 11) is 3.19. The van der Waals surface area contributed by atoms with E-state index in [-0.39, 0.29) is 17.5 Å². The highest BCUT2D eigenvalue weighted by Gasteiger charge is 2.13. The Bertz CT molecular complexity index is 450. The summed E-state index contributed by atoms with van der Waals surface area (Å²) in [6.07, 6.45) is 2.19. The number of hydrogen-bond donors (Lipinski definition) is 2. The molecule has 0 spiro atoms. The third-order valence-electron chi connectivity index (χ3n) is 2.58. The van der Waals surface area contributed by atoms with E-state index in [9.17, 15) is 9.59 Å². The number of pyridine rings is 1. The fraction of sp³-hybridized carbons (Fsp3) is 0.500. The van der Waals surface area contributed by atoms with Crippen molar-refractivity contribution >= 4 is 5.91 Å². The predicted molar refractivity (Wildman–Crippen MR) is 68.5 cm³/mol. The molecule has 100 valence electrons. The lowest BCUT2D eigenvalue weighted by molar-refractivity contribution is 0.0893. The fourth-order valence-corrected chi connectivity index (χ4v) is 1.56. The van der Waals surface area contributed by atoms with E-state index in [1.165, 1.54) is 10.6 Å². The van der Waals surface area contributed by atoms with E-state index < -0.39 is 0 Å².